The molecule has 13 heavy (non-hydrogen) atoms. The summed E-state index contributed by atoms with van der Waals surface area (Å²) in [5.74, 6) is -1.43. The van der Waals surface area contributed by atoms with E-state index in [0.717, 1.165) is 0 Å². The van der Waals surface area contributed by atoms with Crippen molar-refractivity contribution in [2.45, 2.75) is 19.4 Å². The van der Waals surface area contributed by atoms with Crippen molar-refractivity contribution >= 4 is 11.9 Å². The molecule has 5 nitrogen and oxygen atoms in total. The van der Waals surface area contributed by atoms with E-state index in [1.807, 2.05) is 0 Å². The van der Waals surface area contributed by atoms with Gasteiger partial charge in [-0.2, -0.15) is 0 Å². The van der Waals surface area contributed by atoms with Gasteiger partial charge in [-0.25, -0.2) is 0 Å². The van der Waals surface area contributed by atoms with Crippen LogP contribution in [-0.4, -0.2) is 36.2 Å². The molecule has 1 saturated heterocycles. The number of hydrogen-bond acceptors (Lipinski definition) is 3. The summed E-state index contributed by atoms with van der Waals surface area (Å²) < 4.78 is 5.01. The molecule has 0 aliphatic carbocycles. The van der Waals surface area contributed by atoms with Gasteiger partial charge in [-0.1, -0.05) is 0 Å². The number of carboxylic acid groups (broad SMARTS) is 1. The van der Waals surface area contributed by atoms with Crippen molar-refractivity contribution in [1.29, 1.82) is 0 Å². The lowest BCUT2D eigenvalue weighted by atomic mass is 10.1. The van der Waals surface area contributed by atoms with E-state index in [1.165, 1.54) is 6.92 Å². The zero-order valence-electron chi connectivity index (χ0n) is 7.45. The first kappa shape index (κ1) is 9.98. The van der Waals surface area contributed by atoms with E-state index in [9.17, 15) is 9.59 Å². The fraction of sp³-hybridized carbons (Fsp3) is 0.750. The first-order valence-electron chi connectivity index (χ1n) is 4.22. The number of hydrogen-bond donors (Lipinski definition) is 2. The third-order valence-electron chi connectivity index (χ3n) is 2.03. The monoisotopic (exact) mass is 187 g/mol. The van der Waals surface area contributed by atoms with Gasteiger partial charge in [0.2, 0.25) is 5.91 Å². The van der Waals surface area contributed by atoms with Crippen LogP contribution in [0.3, 0.4) is 0 Å². The molecule has 0 bridgehead atoms. The summed E-state index contributed by atoms with van der Waals surface area (Å²) in [5, 5.41) is 10.9. The van der Waals surface area contributed by atoms with Gasteiger partial charge in [0, 0.05) is 6.61 Å². The molecule has 0 radical (unpaired) electrons. The molecule has 1 heterocycles. The van der Waals surface area contributed by atoms with Crippen LogP contribution in [0.4, 0.5) is 0 Å². The van der Waals surface area contributed by atoms with Crippen molar-refractivity contribution in [3.8, 4) is 0 Å². The summed E-state index contributed by atoms with van der Waals surface area (Å²) in [4.78, 5) is 21.7. The molecule has 2 atom stereocenters. The molecular formula is C8H13NO4. The summed E-state index contributed by atoms with van der Waals surface area (Å²) in [6, 6.07) is -0.826. The Bertz CT molecular complexity index is 210. The van der Waals surface area contributed by atoms with E-state index in [1.54, 1.807) is 0 Å². The molecule has 0 aromatic rings. The fourth-order valence-corrected chi connectivity index (χ4v) is 1.13. The lowest BCUT2D eigenvalue weighted by Gasteiger charge is -2.12. The topological polar surface area (TPSA) is 75.6 Å². The number of ether oxygens (including phenoxy) is 1. The van der Waals surface area contributed by atoms with E-state index < -0.39 is 12.0 Å². The highest BCUT2D eigenvalue weighted by Crippen LogP contribution is 2.12. The Labute approximate surface area is 76.1 Å². The van der Waals surface area contributed by atoms with Crippen molar-refractivity contribution in [2.24, 2.45) is 5.92 Å². The number of carboxylic acids is 1. The summed E-state index contributed by atoms with van der Waals surface area (Å²) in [7, 11) is 0. The highest BCUT2D eigenvalue weighted by atomic mass is 16.5. The third kappa shape index (κ3) is 2.69. The Morgan fingerprint density at radius 2 is 2.31 bits per heavy atom. The predicted molar refractivity (Wildman–Crippen MR) is 44.2 cm³/mol. The number of aliphatic carboxylic acids is 1. The number of carbonyl (C=O) groups excluding carboxylic acids is 1. The zero-order chi connectivity index (χ0) is 9.84. The van der Waals surface area contributed by atoms with Crippen molar-refractivity contribution in [3.05, 3.63) is 0 Å². The third-order valence-corrected chi connectivity index (χ3v) is 2.03. The minimum Gasteiger partial charge on any atom is -0.480 e. The molecule has 1 fully saturated rings. The average Bonchev–Trinajstić information content (AvgIpc) is 2.55. The van der Waals surface area contributed by atoms with Crippen LogP contribution >= 0.6 is 0 Å². The van der Waals surface area contributed by atoms with Crippen molar-refractivity contribution in [1.82, 2.24) is 5.32 Å². The van der Waals surface area contributed by atoms with Gasteiger partial charge >= 0.3 is 5.97 Å². The van der Waals surface area contributed by atoms with Crippen LogP contribution in [0.15, 0.2) is 0 Å². The Balaban J connectivity index is 2.35. The van der Waals surface area contributed by atoms with Crippen molar-refractivity contribution in [3.63, 3.8) is 0 Å². The summed E-state index contributed by atoms with van der Waals surface area (Å²) in [5.41, 5.74) is 0. The van der Waals surface area contributed by atoms with Gasteiger partial charge in [0.1, 0.15) is 6.04 Å². The van der Waals surface area contributed by atoms with Crippen LogP contribution in [0.25, 0.3) is 0 Å². The minimum absolute atomic E-state index is 0.179. The van der Waals surface area contributed by atoms with Gasteiger partial charge in [0.15, 0.2) is 0 Å². The van der Waals surface area contributed by atoms with Crippen LogP contribution in [0.2, 0.25) is 0 Å². The Hall–Kier alpha value is -1.10. The van der Waals surface area contributed by atoms with Crippen LogP contribution in [0.5, 0.6) is 0 Å². The zero-order valence-corrected chi connectivity index (χ0v) is 7.45. The lowest BCUT2D eigenvalue weighted by Crippen LogP contribution is -2.41. The molecule has 1 rings (SSSR count). The molecule has 0 unspecified atom stereocenters. The van der Waals surface area contributed by atoms with E-state index in [0.29, 0.717) is 19.6 Å². The molecule has 0 aromatic carbocycles. The van der Waals surface area contributed by atoms with Gasteiger partial charge in [0.25, 0.3) is 0 Å². The number of amides is 1. The molecule has 1 amide bonds. The maximum absolute atomic E-state index is 11.3. The van der Waals surface area contributed by atoms with Crippen LogP contribution < -0.4 is 5.32 Å². The van der Waals surface area contributed by atoms with E-state index >= 15 is 0 Å². The number of rotatable bonds is 3. The highest BCUT2D eigenvalue weighted by molar-refractivity contribution is 5.84. The quantitative estimate of drug-likeness (QED) is 0.631. The highest BCUT2D eigenvalue weighted by Gasteiger charge is 2.25. The standard InChI is InChI=1S/C8H13NO4/c1-5(8(11)12)9-7(10)6-2-3-13-4-6/h5-6H,2-4H2,1H3,(H,9,10)(H,11,12)/t5-,6-/m0/s1. The normalized spacial score (nSPS) is 23.9. The van der Waals surface area contributed by atoms with Gasteiger partial charge in [0.05, 0.1) is 12.5 Å². The van der Waals surface area contributed by atoms with Gasteiger partial charge in [-0.15, -0.1) is 0 Å². The van der Waals surface area contributed by atoms with Crippen LogP contribution in [0, 0.1) is 5.92 Å². The molecule has 0 aromatic heterocycles. The average molecular weight is 187 g/mol. The maximum Gasteiger partial charge on any atom is 0.325 e. The molecule has 0 saturated carbocycles. The molecule has 1 aliphatic heterocycles. The maximum atomic E-state index is 11.3. The SMILES string of the molecule is C[C@H](NC(=O)[C@H]1CCOC1)C(=O)O. The molecule has 1 aliphatic rings. The van der Waals surface area contributed by atoms with Gasteiger partial charge in [-0.05, 0) is 13.3 Å². The van der Waals surface area contributed by atoms with Crippen molar-refractivity contribution in [2.75, 3.05) is 13.2 Å². The van der Waals surface area contributed by atoms with E-state index in [2.05, 4.69) is 5.32 Å². The summed E-state index contributed by atoms with van der Waals surface area (Å²) in [6.45, 7) is 2.42. The first-order valence-corrected chi connectivity index (χ1v) is 4.22. The summed E-state index contributed by atoms with van der Waals surface area (Å²) >= 11 is 0. The second-order valence-corrected chi connectivity index (χ2v) is 3.13. The Kier molecular flexibility index (Phi) is 3.25. The Morgan fingerprint density at radius 3 is 2.77 bits per heavy atom. The second kappa shape index (κ2) is 4.23. The van der Waals surface area contributed by atoms with Gasteiger partial charge < -0.3 is 15.2 Å². The number of nitrogens with one attached hydrogen (secondary N) is 1. The summed E-state index contributed by atoms with van der Waals surface area (Å²) in [6.07, 6.45) is 0.679. The van der Waals surface area contributed by atoms with E-state index in [-0.39, 0.29) is 11.8 Å². The van der Waals surface area contributed by atoms with Gasteiger partial charge in [-0.3, -0.25) is 9.59 Å². The molecule has 74 valence electrons. The molecular weight excluding hydrogens is 174 g/mol. The van der Waals surface area contributed by atoms with E-state index in [4.69, 9.17) is 9.84 Å². The lowest BCUT2D eigenvalue weighted by molar-refractivity contribution is -0.141. The largest absolute Gasteiger partial charge is 0.480 e. The molecule has 2 N–H and O–H groups in total. The predicted octanol–water partition coefficient (Wildman–Crippen LogP) is -0.388. The smallest absolute Gasteiger partial charge is 0.325 e. The Morgan fingerprint density at radius 1 is 1.62 bits per heavy atom. The van der Waals surface area contributed by atoms with Crippen LogP contribution in [0.1, 0.15) is 13.3 Å². The molecule has 0 spiro atoms. The fourth-order valence-electron chi connectivity index (χ4n) is 1.13. The van der Waals surface area contributed by atoms with Crippen LogP contribution in [-0.2, 0) is 14.3 Å². The number of carbonyl (C=O) groups is 2. The first-order chi connectivity index (χ1) is 6.11. The van der Waals surface area contributed by atoms with Crippen molar-refractivity contribution < 1.29 is 19.4 Å². The molecule has 5 heteroatoms. The minimum atomic E-state index is -1.02. The second-order valence-electron chi connectivity index (χ2n) is 3.13.